The van der Waals surface area contributed by atoms with Crippen LogP contribution in [0.15, 0.2) is 0 Å². The molecule has 2 N–H and O–H groups in total. The van der Waals surface area contributed by atoms with Crippen molar-refractivity contribution in [1.82, 2.24) is 5.32 Å². The van der Waals surface area contributed by atoms with E-state index in [2.05, 4.69) is 12.4 Å². The lowest BCUT2D eigenvalue weighted by Gasteiger charge is -2.43. The van der Waals surface area contributed by atoms with Gasteiger partial charge in [0, 0.05) is 0 Å². The summed E-state index contributed by atoms with van der Waals surface area (Å²) >= 11 is 0. The van der Waals surface area contributed by atoms with Gasteiger partial charge in [-0.3, -0.25) is 0 Å². The Labute approximate surface area is 137 Å². The van der Waals surface area contributed by atoms with Crippen LogP contribution in [-0.2, 0) is 0 Å². The van der Waals surface area contributed by atoms with E-state index in [-0.39, 0.29) is 6.10 Å². The number of fused-ring (bicyclic) bond motifs is 1. The maximum Gasteiger partial charge on any atom is 0.0568 e. The molecule has 0 aromatic heterocycles. The third kappa shape index (κ3) is 4.06. The number of hydrogen-bond acceptors (Lipinski definition) is 2. The van der Waals surface area contributed by atoms with Gasteiger partial charge in [0.15, 0.2) is 0 Å². The summed E-state index contributed by atoms with van der Waals surface area (Å²) < 4.78 is 0. The molecule has 0 aromatic carbocycles. The molecule has 0 amide bonds. The summed E-state index contributed by atoms with van der Waals surface area (Å²) in [7, 11) is 2.11. The van der Waals surface area contributed by atoms with Crippen LogP contribution in [0, 0.1) is 29.6 Å². The molecule has 0 radical (unpaired) electrons. The van der Waals surface area contributed by atoms with Crippen molar-refractivity contribution in [2.24, 2.45) is 29.6 Å². The maximum absolute atomic E-state index is 10.4. The van der Waals surface area contributed by atoms with Crippen molar-refractivity contribution in [2.75, 3.05) is 13.6 Å². The van der Waals surface area contributed by atoms with Gasteiger partial charge in [-0.2, -0.15) is 0 Å². The monoisotopic (exact) mass is 307 g/mol. The molecule has 0 bridgehead atoms. The molecule has 6 atom stereocenters. The lowest BCUT2D eigenvalue weighted by molar-refractivity contribution is 0.0356. The van der Waals surface area contributed by atoms with Crippen molar-refractivity contribution in [2.45, 2.75) is 83.2 Å². The van der Waals surface area contributed by atoms with Crippen LogP contribution in [0.1, 0.15) is 77.0 Å². The van der Waals surface area contributed by atoms with Crippen LogP contribution in [0.5, 0.6) is 0 Å². The first-order valence-corrected chi connectivity index (χ1v) is 10.1. The van der Waals surface area contributed by atoms with Crippen LogP contribution in [0.2, 0.25) is 0 Å². The van der Waals surface area contributed by atoms with Crippen molar-refractivity contribution < 1.29 is 5.11 Å². The normalized spacial score (nSPS) is 40.9. The highest BCUT2D eigenvalue weighted by Gasteiger charge is 2.36. The molecule has 0 saturated heterocycles. The fourth-order valence-corrected chi connectivity index (χ4v) is 5.89. The smallest absolute Gasteiger partial charge is 0.0568 e. The summed E-state index contributed by atoms with van der Waals surface area (Å²) in [6, 6.07) is 0. The van der Waals surface area contributed by atoms with Crippen molar-refractivity contribution in [3.8, 4) is 0 Å². The Morgan fingerprint density at radius 1 is 0.909 bits per heavy atom. The van der Waals surface area contributed by atoms with Crippen molar-refractivity contribution in [3.05, 3.63) is 0 Å². The molecule has 3 fully saturated rings. The fourth-order valence-electron chi connectivity index (χ4n) is 5.89. The molecule has 128 valence electrons. The van der Waals surface area contributed by atoms with Gasteiger partial charge in [-0.1, -0.05) is 38.5 Å². The molecular formula is C20H37NO. The van der Waals surface area contributed by atoms with E-state index in [4.69, 9.17) is 0 Å². The first-order chi connectivity index (χ1) is 10.8. The van der Waals surface area contributed by atoms with E-state index in [1.165, 1.54) is 70.6 Å². The molecule has 3 aliphatic carbocycles. The van der Waals surface area contributed by atoms with Crippen molar-refractivity contribution in [1.29, 1.82) is 0 Å². The van der Waals surface area contributed by atoms with Gasteiger partial charge in [0.1, 0.15) is 0 Å². The molecule has 0 aliphatic heterocycles. The number of hydrogen-bond donors (Lipinski definition) is 2. The summed E-state index contributed by atoms with van der Waals surface area (Å²) in [6.45, 7) is 1.16. The predicted molar refractivity (Wildman–Crippen MR) is 92.8 cm³/mol. The SMILES string of the molecule is CNCC(CC1CCCCC1O)C1CCC2CCCCC2C1. The van der Waals surface area contributed by atoms with Gasteiger partial charge in [-0.05, 0) is 81.7 Å². The molecule has 0 aromatic rings. The van der Waals surface area contributed by atoms with Crippen LogP contribution < -0.4 is 5.32 Å². The van der Waals surface area contributed by atoms with Crippen molar-refractivity contribution >= 4 is 0 Å². The van der Waals surface area contributed by atoms with Crippen LogP contribution in [-0.4, -0.2) is 24.8 Å². The minimum Gasteiger partial charge on any atom is -0.393 e. The molecule has 0 heterocycles. The van der Waals surface area contributed by atoms with Gasteiger partial charge < -0.3 is 10.4 Å². The molecule has 3 aliphatic rings. The Morgan fingerprint density at radius 2 is 1.64 bits per heavy atom. The lowest BCUT2D eigenvalue weighted by Crippen LogP contribution is -2.37. The van der Waals surface area contributed by atoms with Gasteiger partial charge in [0.2, 0.25) is 0 Å². The number of nitrogens with one attached hydrogen (secondary N) is 1. The highest BCUT2D eigenvalue weighted by Crippen LogP contribution is 2.46. The molecule has 0 spiro atoms. The Bertz CT molecular complexity index is 332. The maximum atomic E-state index is 10.4. The topological polar surface area (TPSA) is 32.3 Å². The molecule has 6 unspecified atom stereocenters. The summed E-state index contributed by atoms with van der Waals surface area (Å²) in [5.74, 6) is 4.38. The average Bonchev–Trinajstić information content (AvgIpc) is 2.56. The summed E-state index contributed by atoms with van der Waals surface area (Å²) in [5, 5.41) is 13.8. The minimum atomic E-state index is -0.0147. The van der Waals surface area contributed by atoms with Crippen LogP contribution in [0.4, 0.5) is 0 Å². The van der Waals surface area contributed by atoms with Gasteiger partial charge in [0.05, 0.1) is 6.10 Å². The molecule has 3 rings (SSSR count). The number of rotatable bonds is 5. The van der Waals surface area contributed by atoms with E-state index in [9.17, 15) is 5.11 Å². The second-order valence-electron chi connectivity index (χ2n) is 8.54. The Hall–Kier alpha value is -0.0800. The first-order valence-electron chi connectivity index (χ1n) is 10.1. The lowest BCUT2D eigenvalue weighted by atomic mass is 9.63. The predicted octanol–water partition coefficient (Wildman–Crippen LogP) is 4.37. The molecule has 22 heavy (non-hydrogen) atoms. The van der Waals surface area contributed by atoms with E-state index >= 15 is 0 Å². The van der Waals surface area contributed by atoms with Crippen molar-refractivity contribution in [3.63, 3.8) is 0 Å². The van der Waals surface area contributed by atoms with Gasteiger partial charge in [0.25, 0.3) is 0 Å². The van der Waals surface area contributed by atoms with Gasteiger partial charge in [-0.25, -0.2) is 0 Å². The second-order valence-corrected chi connectivity index (χ2v) is 8.54. The molecule has 2 heteroatoms. The quantitative estimate of drug-likeness (QED) is 0.790. The van der Waals surface area contributed by atoms with E-state index in [1.807, 2.05) is 0 Å². The highest BCUT2D eigenvalue weighted by molar-refractivity contribution is 4.88. The second kappa shape index (κ2) is 8.15. The zero-order valence-corrected chi connectivity index (χ0v) is 14.6. The first kappa shape index (κ1) is 16.8. The third-order valence-corrected chi connectivity index (χ3v) is 7.19. The summed E-state index contributed by atoms with van der Waals surface area (Å²) in [6.07, 6.45) is 16.5. The summed E-state index contributed by atoms with van der Waals surface area (Å²) in [4.78, 5) is 0. The summed E-state index contributed by atoms with van der Waals surface area (Å²) in [5.41, 5.74) is 0. The average molecular weight is 308 g/mol. The van der Waals surface area contributed by atoms with Crippen LogP contribution in [0.3, 0.4) is 0 Å². The minimum absolute atomic E-state index is 0.0147. The third-order valence-electron chi connectivity index (χ3n) is 7.19. The van der Waals surface area contributed by atoms with E-state index < -0.39 is 0 Å². The largest absolute Gasteiger partial charge is 0.393 e. The molecule has 2 nitrogen and oxygen atoms in total. The Kier molecular flexibility index (Phi) is 6.21. The Balaban J connectivity index is 1.58. The van der Waals surface area contributed by atoms with Gasteiger partial charge >= 0.3 is 0 Å². The van der Waals surface area contributed by atoms with Crippen LogP contribution in [0.25, 0.3) is 0 Å². The van der Waals surface area contributed by atoms with E-state index in [0.717, 1.165) is 36.6 Å². The highest BCUT2D eigenvalue weighted by atomic mass is 16.3. The van der Waals surface area contributed by atoms with Crippen LogP contribution >= 0.6 is 0 Å². The standard InChI is InChI=1S/C20H37NO/c1-21-14-19(13-18-8-4-5-9-20(18)22)17-11-10-15-6-2-3-7-16(15)12-17/h15-22H,2-14H2,1H3. The zero-order chi connectivity index (χ0) is 15.4. The van der Waals surface area contributed by atoms with E-state index in [0.29, 0.717) is 5.92 Å². The fraction of sp³-hybridized carbons (Fsp3) is 1.00. The van der Waals surface area contributed by atoms with Gasteiger partial charge in [-0.15, -0.1) is 0 Å². The molecular weight excluding hydrogens is 270 g/mol. The number of aliphatic hydroxyl groups excluding tert-OH is 1. The van der Waals surface area contributed by atoms with E-state index in [1.54, 1.807) is 0 Å². The zero-order valence-electron chi connectivity index (χ0n) is 14.6. The Morgan fingerprint density at radius 3 is 2.41 bits per heavy atom. The number of aliphatic hydroxyl groups is 1. The molecule has 3 saturated carbocycles.